The van der Waals surface area contributed by atoms with Gasteiger partial charge in [-0.25, -0.2) is 5.09 Å². The van der Waals surface area contributed by atoms with Crippen LogP contribution in [0.15, 0.2) is 12.7 Å². The highest BCUT2D eigenvalue weighted by Gasteiger charge is 2.36. The molecule has 0 aromatic heterocycles. The van der Waals surface area contributed by atoms with E-state index in [1.54, 1.807) is 0 Å². The zero-order chi connectivity index (χ0) is 11.2. The molecule has 1 atom stereocenters. The maximum Gasteiger partial charge on any atom is 0.375 e. The van der Waals surface area contributed by atoms with Gasteiger partial charge in [0.25, 0.3) is 6.64 Å². The minimum absolute atomic E-state index is 0.226. The van der Waals surface area contributed by atoms with Gasteiger partial charge in [-0.05, 0) is 11.8 Å². The fraction of sp³-hybridized carbons (Fsp3) is 0.667. The van der Waals surface area contributed by atoms with E-state index >= 15 is 0 Å². The molecule has 0 aliphatic heterocycles. The number of hydrogen-bond acceptors (Lipinski definition) is 3. The predicted octanol–water partition coefficient (Wildman–Crippen LogP) is 2.48. The van der Waals surface area contributed by atoms with Crippen molar-refractivity contribution in [3.05, 3.63) is 12.7 Å². The Morgan fingerprint density at radius 1 is 1.71 bits per heavy atom. The highest BCUT2D eigenvalue weighted by Crippen LogP contribution is 2.48. The Hall–Kier alpha value is 0.420. The van der Waals surface area contributed by atoms with Gasteiger partial charge in [-0.3, -0.25) is 4.52 Å². The van der Waals surface area contributed by atoms with Crippen molar-refractivity contribution in [1.82, 2.24) is 5.09 Å². The van der Waals surface area contributed by atoms with Gasteiger partial charge in [0, 0.05) is 13.7 Å². The third kappa shape index (κ3) is 5.34. The lowest BCUT2D eigenvalue weighted by molar-refractivity contribution is -0.156. The Morgan fingerprint density at radius 2 is 2.29 bits per heavy atom. The van der Waals surface area contributed by atoms with Crippen molar-refractivity contribution < 1.29 is 17.8 Å². The van der Waals surface area contributed by atoms with E-state index in [-0.39, 0.29) is 6.54 Å². The molecule has 14 heavy (non-hydrogen) atoms. The molecule has 0 aliphatic rings. The largest absolute Gasteiger partial charge is 0.375 e. The van der Waals surface area contributed by atoms with Crippen LogP contribution in [-0.2, 0) is 20.9 Å². The molecule has 0 rings (SSSR count). The second-order valence-corrected chi connectivity index (χ2v) is 5.76. The third-order valence-electron chi connectivity index (χ3n) is 1.08. The van der Waals surface area contributed by atoms with Gasteiger partial charge in [0.1, 0.15) is 5.88 Å². The highest BCUT2D eigenvalue weighted by atomic mass is 35.5. The summed E-state index contributed by atoms with van der Waals surface area (Å²) in [6, 6.07) is 0. The number of nitrogens with one attached hydrogen (secondary N) is 1. The quantitative estimate of drug-likeness (QED) is 0.435. The molecular formula is C6H11ClF2NO2PS. The average Bonchev–Trinajstić information content (AvgIpc) is 2.14. The van der Waals surface area contributed by atoms with E-state index in [0.29, 0.717) is 0 Å². The van der Waals surface area contributed by atoms with E-state index in [1.165, 1.54) is 13.2 Å². The van der Waals surface area contributed by atoms with Gasteiger partial charge in [0.05, 0.1) is 0 Å². The molecule has 0 aliphatic carbocycles. The SMILES string of the molecule is C=CCNP(=S)(OC)OC(F)(F)CCl. The Kier molecular flexibility index (Phi) is 6.28. The fourth-order valence-electron chi connectivity index (χ4n) is 0.511. The van der Waals surface area contributed by atoms with Crippen LogP contribution in [0.4, 0.5) is 8.78 Å². The normalized spacial score (nSPS) is 16.3. The van der Waals surface area contributed by atoms with E-state index in [2.05, 4.69) is 20.7 Å². The average molecular weight is 266 g/mol. The molecule has 0 amide bonds. The molecule has 1 unspecified atom stereocenters. The zero-order valence-corrected chi connectivity index (χ0v) is 9.97. The molecular weight excluding hydrogens is 255 g/mol. The number of halogens is 3. The van der Waals surface area contributed by atoms with Crippen LogP contribution in [0.1, 0.15) is 0 Å². The first-order chi connectivity index (χ1) is 6.39. The molecule has 0 saturated heterocycles. The molecule has 0 heterocycles. The minimum Gasteiger partial charge on any atom is -0.321 e. The van der Waals surface area contributed by atoms with E-state index in [0.717, 1.165) is 0 Å². The first-order valence-corrected chi connectivity index (χ1v) is 6.73. The van der Waals surface area contributed by atoms with Crippen LogP contribution in [0.3, 0.4) is 0 Å². The molecule has 0 spiro atoms. The van der Waals surface area contributed by atoms with Crippen LogP contribution in [0.2, 0.25) is 0 Å². The Labute approximate surface area is 91.6 Å². The van der Waals surface area contributed by atoms with E-state index < -0.39 is 18.6 Å². The topological polar surface area (TPSA) is 30.5 Å². The fourth-order valence-corrected chi connectivity index (χ4v) is 2.23. The maximum absolute atomic E-state index is 12.7. The van der Waals surface area contributed by atoms with Crippen LogP contribution in [0.25, 0.3) is 0 Å². The molecule has 0 aromatic rings. The van der Waals surface area contributed by atoms with E-state index in [9.17, 15) is 8.78 Å². The summed E-state index contributed by atoms with van der Waals surface area (Å²) in [7, 11) is 1.20. The predicted molar refractivity (Wildman–Crippen MR) is 56.2 cm³/mol. The first kappa shape index (κ1) is 14.4. The van der Waals surface area contributed by atoms with Gasteiger partial charge in [-0.2, -0.15) is 8.78 Å². The molecule has 84 valence electrons. The molecule has 0 saturated carbocycles. The van der Waals surface area contributed by atoms with Crippen LogP contribution < -0.4 is 5.09 Å². The molecule has 8 heteroatoms. The first-order valence-electron chi connectivity index (χ1n) is 3.55. The highest BCUT2D eigenvalue weighted by molar-refractivity contribution is 8.09. The van der Waals surface area contributed by atoms with Crippen LogP contribution >= 0.6 is 18.2 Å². The standard InChI is InChI=1S/C6H11ClF2NO2PS/c1-3-4-10-13(14,11-2)12-6(8,9)5-7/h3H,1,4-5H2,2H3,(H,10,14). The lowest BCUT2D eigenvalue weighted by Gasteiger charge is -2.24. The van der Waals surface area contributed by atoms with Gasteiger partial charge in [-0.15, -0.1) is 18.2 Å². The van der Waals surface area contributed by atoms with E-state index in [1.807, 2.05) is 0 Å². The Bertz CT molecular complexity index is 242. The second kappa shape index (κ2) is 6.10. The summed E-state index contributed by atoms with van der Waals surface area (Å²) in [6.45, 7) is 0.447. The summed E-state index contributed by atoms with van der Waals surface area (Å²) in [6.07, 6.45) is -2.02. The van der Waals surface area contributed by atoms with Gasteiger partial charge in [-0.1, -0.05) is 6.08 Å². The van der Waals surface area contributed by atoms with Crippen molar-refractivity contribution in [2.24, 2.45) is 0 Å². The lowest BCUT2D eigenvalue weighted by atomic mass is 10.7. The maximum atomic E-state index is 12.7. The van der Waals surface area contributed by atoms with Crippen LogP contribution in [0, 0.1) is 0 Å². The third-order valence-corrected chi connectivity index (χ3v) is 4.01. The van der Waals surface area contributed by atoms with E-state index in [4.69, 9.17) is 23.4 Å². The van der Waals surface area contributed by atoms with Gasteiger partial charge >= 0.3 is 6.11 Å². The summed E-state index contributed by atoms with van der Waals surface area (Å²) < 4.78 is 34.4. The van der Waals surface area contributed by atoms with Gasteiger partial charge in [0.15, 0.2) is 0 Å². The smallest absolute Gasteiger partial charge is 0.321 e. The lowest BCUT2D eigenvalue weighted by Crippen LogP contribution is -2.26. The monoisotopic (exact) mass is 265 g/mol. The van der Waals surface area contributed by atoms with Crippen molar-refractivity contribution in [3.63, 3.8) is 0 Å². The number of alkyl halides is 3. The van der Waals surface area contributed by atoms with Crippen molar-refractivity contribution in [2.45, 2.75) is 6.11 Å². The number of hydrogen-bond donors (Lipinski definition) is 1. The Morgan fingerprint density at radius 3 is 2.64 bits per heavy atom. The second-order valence-electron chi connectivity index (χ2n) is 2.19. The molecule has 1 N–H and O–H groups in total. The summed E-state index contributed by atoms with van der Waals surface area (Å²) in [5.41, 5.74) is 0. The summed E-state index contributed by atoms with van der Waals surface area (Å²) in [4.78, 5) is 0. The van der Waals surface area contributed by atoms with Crippen LogP contribution in [-0.4, -0.2) is 25.6 Å². The molecule has 0 radical (unpaired) electrons. The summed E-state index contributed by atoms with van der Waals surface area (Å²) in [5.74, 6) is -0.968. The summed E-state index contributed by atoms with van der Waals surface area (Å²) >= 11 is 9.74. The summed E-state index contributed by atoms with van der Waals surface area (Å²) in [5, 5.41) is 2.51. The van der Waals surface area contributed by atoms with Crippen molar-refractivity contribution in [2.75, 3.05) is 19.5 Å². The molecule has 0 aromatic carbocycles. The van der Waals surface area contributed by atoms with Gasteiger partial charge in [0.2, 0.25) is 0 Å². The van der Waals surface area contributed by atoms with Crippen molar-refractivity contribution >= 4 is 30.1 Å². The Balaban J connectivity index is 4.39. The van der Waals surface area contributed by atoms with Crippen molar-refractivity contribution in [1.29, 1.82) is 0 Å². The number of rotatable bonds is 7. The van der Waals surface area contributed by atoms with Crippen molar-refractivity contribution in [3.8, 4) is 0 Å². The molecule has 0 bridgehead atoms. The van der Waals surface area contributed by atoms with Gasteiger partial charge < -0.3 is 4.52 Å². The molecule has 0 fully saturated rings. The molecule has 3 nitrogen and oxygen atoms in total. The zero-order valence-electron chi connectivity index (χ0n) is 7.50. The van der Waals surface area contributed by atoms with Crippen LogP contribution in [0.5, 0.6) is 0 Å². The minimum atomic E-state index is -3.48.